The van der Waals surface area contributed by atoms with Gasteiger partial charge in [-0.3, -0.25) is 0 Å². The van der Waals surface area contributed by atoms with Gasteiger partial charge in [-0.2, -0.15) is 9.90 Å². The van der Waals surface area contributed by atoms with Crippen molar-refractivity contribution in [2.75, 3.05) is 0 Å². The van der Waals surface area contributed by atoms with E-state index in [9.17, 15) is 0 Å². The topological polar surface area (TPSA) is 40.7 Å². The van der Waals surface area contributed by atoms with Gasteiger partial charge in [-0.05, 0) is 0 Å². The fourth-order valence-electron chi connectivity index (χ4n) is 0.0680. The van der Waals surface area contributed by atoms with Crippen LogP contribution in [0, 0.1) is 0 Å². The van der Waals surface area contributed by atoms with Crippen LogP contribution in [0.4, 0.5) is 0 Å². The maximum atomic E-state index is 4.36. The van der Waals surface area contributed by atoms with E-state index in [0.717, 1.165) is 0 Å². The maximum absolute atomic E-state index is 4.36. The standard InChI is InChI=1S/C4H6O.H2O.H3P/c1-3-5-4-2;;/h3-4H,1-2H2;1H2;1H3. The molecule has 0 radical (unpaired) electrons. The lowest BCUT2D eigenvalue weighted by molar-refractivity contribution is 0.406. The van der Waals surface area contributed by atoms with Crippen LogP contribution >= 0.6 is 9.90 Å². The van der Waals surface area contributed by atoms with Gasteiger partial charge in [0.1, 0.15) is 0 Å². The molecule has 44 valence electrons. The fourth-order valence-corrected chi connectivity index (χ4v) is 0.0680. The molecule has 0 aliphatic rings. The summed E-state index contributed by atoms with van der Waals surface area (Å²) in [6.45, 7) is 6.51. The largest absolute Gasteiger partial charge is 0.474 e. The molecule has 0 bridgehead atoms. The van der Waals surface area contributed by atoms with E-state index >= 15 is 0 Å². The predicted octanol–water partition coefficient (Wildman–Crippen LogP) is 0.523. The highest BCUT2D eigenvalue weighted by Crippen LogP contribution is 1.65. The third-order valence-electron chi connectivity index (χ3n) is 0.192. The van der Waals surface area contributed by atoms with Gasteiger partial charge < -0.3 is 10.2 Å². The van der Waals surface area contributed by atoms with Crippen molar-refractivity contribution in [3.8, 4) is 0 Å². The lowest BCUT2D eigenvalue weighted by atomic mass is 11.1. The van der Waals surface area contributed by atoms with Gasteiger partial charge >= 0.3 is 0 Å². The molecular formula is C4H11O2P. The molecule has 1 unspecified atom stereocenters. The number of hydrogen-bond acceptors (Lipinski definition) is 1. The van der Waals surface area contributed by atoms with Gasteiger partial charge in [0.15, 0.2) is 0 Å². The third kappa shape index (κ3) is 27.4. The summed E-state index contributed by atoms with van der Waals surface area (Å²) < 4.78 is 4.36. The summed E-state index contributed by atoms with van der Waals surface area (Å²) in [5.41, 5.74) is 0. The summed E-state index contributed by atoms with van der Waals surface area (Å²) >= 11 is 0. The molecule has 7 heavy (non-hydrogen) atoms. The molecule has 0 saturated carbocycles. The highest BCUT2D eigenvalue weighted by molar-refractivity contribution is 6.92. The van der Waals surface area contributed by atoms with Crippen LogP contribution in [0.15, 0.2) is 25.7 Å². The predicted molar refractivity (Wildman–Crippen MR) is 36.2 cm³/mol. The number of rotatable bonds is 2. The highest BCUT2D eigenvalue weighted by atomic mass is 31.0. The monoisotopic (exact) mass is 122 g/mol. The molecular weight excluding hydrogens is 111 g/mol. The summed E-state index contributed by atoms with van der Waals surface area (Å²) in [5.74, 6) is 0. The van der Waals surface area contributed by atoms with Crippen molar-refractivity contribution in [1.82, 2.24) is 0 Å². The smallest absolute Gasteiger partial charge is 0.0829 e. The van der Waals surface area contributed by atoms with Crippen LogP contribution < -0.4 is 0 Å². The average molecular weight is 122 g/mol. The molecule has 0 aromatic heterocycles. The highest BCUT2D eigenvalue weighted by Gasteiger charge is 1.45. The van der Waals surface area contributed by atoms with E-state index in [1.807, 2.05) is 0 Å². The molecule has 0 aliphatic heterocycles. The Morgan fingerprint density at radius 1 is 1.14 bits per heavy atom. The molecule has 2 N–H and O–H groups in total. The SMILES string of the molecule is C=COC=C.O.P. The van der Waals surface area contributed by atoms with Crippen molar-refractivity contribution in [1.29, 1.82) is 0 Å². The summed E-state index contributed by atoms with van der Waals surface area (Å²) in [7, 11) is 0. The quantitative estimate of drug-likeness (QED) is 0.389. The molecule has 3 heteroatoms. The van der Waals surface area contributed by atoms with Crippen molar-refractivity contribution in [3.63, 3.8) is 0 Å². The van der Waals surface area contributed by atoms with Crippen molar-refractivity contribution in [2.24, 2.45) is 0 Å². The molecule has 2 nitrogen and oxygen atoms in total. The van der Waals surface area contributed by atoms with Crippen LogP contribution in [0.3, 0.4) is 0 Å². The molecule has 0 fully saturated rings. The van der Waals surface area contributed by atoms with E-state index in [0.29, 0.717) is 0 Å². The van der Waals surface area contributed by atoms with Crippen LogP contribution in [-0.2, 0) is 4.74 Å². The first-order valence-corrected chi connectivity index (χ1v) is 1.29. The summed E-state index contributed by atoms with van der Waals surface area (Å²) in [6, 6.07) is 0. The summed E-state index contributed by atoms with van der Waals surface area (Å²) in [5, 5.41) is 0. The van der Waals surface area contributed by atoms with E-state index in [4.69, 9.17) is 0 Å². The molecule has 0 saturated heterocycles. The van der Waals surface area contributed by atoms with Crippen molar-refractivity contribution < 1.29 is 10.2 Å². The Labute approximate surface area is 46.8 Å². The van der Waals surface area contributed by atoms with Crippen LogP contribution in [0.5, 0.6) is 0 Å². The Morgan fingerprint density at radius 3 is 1.43 bits per heavy atom. The zero-order valence-corrected chi connectivity index (χ0v) is 5.60. The molecule has 0 amide bonds. The normalized spacial score (nSPS) is 4.00. The van der Waals surface area contributed by atoms with Gasteiger partial charge in [0.05, 0.1) is 12.5 Å². The van der Waals surface area contributed by atoms with Gasteiger partial charge in [-0.1, -0.05) is 13.2 Å². The second kappa shape index (κ2) is 17.3. The maximum Gasteiger partial charge on any atom is 0.0829 e. The molecule has 0 spiro atoms. The Balaban J connectivity index is -0.0000000800. The van der Waals surface area contributed by atoms with Gasteiger partial charge in [-0.15, -0.1) is 0 Å². The molecule has 0 aliphatic carbocycles. The fraction of sp³-hybridized carbons (Fsp3) is 0. The van der Waals surface area contributed by atoms with E-state index < -0.39 is 0 Å². The van der Waals surface area contributed by atoms with Gasteiger partial charge in [-0.25, -0.2) is 0 Å². The first-order valence-electron chi connectivity index (χ1n) is 1.29. The van der Waals surface area contributed by atoms with Crippen molar-refractivity contribution in [2.45, 2.75) is 0 Å². The lowest BCUT2D eigenvalue weighted by Crippen LogP contribution is -1.52. The van der Waals surface area contributed by atoms with Crippen LogP contribution in [-0.4, -0.2) is 5.48 Å². The molecule has 1 atom stereocenters. The zero-order chi connectivity index (χ0) is 4.12. The third-order valence-corrected chi connectivity index (χ3v) is 0.192. The summed E-state index contributed by atoms with van der Waals surface area (Å²) in [4.78, 5) is 0. The average Bonchev–Trinajstić information content (AvgIpc) is 1.41. The second-order valence-electron chi connectivity index (χ2n) is 0.469. The molecule has 0 aromatic rings. The van der Waals surface area contributed by atoms with Gasteiger partial charge in [0, 0.05) is 0 Å². The van der Waals surface area contributed by atoms with Crippen LogP contribution in [0.1, 0.15) is 0 Å². The Bertz CT molecular complexity index is 39.0. The van der Waals surface area contributed by atoms with E-state index in [1.54, 1.807) is 0 Å². The Morgan fingerprint density at radius 2 is 1.43 bits per heavy atom. The minimum absolute atomic E-state index is 0. The molecule has 0 rings (SSSR count). The van der Waals surface area contributed by atoms with E-state index in [1.165, 1.54) is 12.5 Å². The minimum Gasteiger partial charge on any atom is -0.474 e. The Hall–Kier alpha value is -0.330. The number of ether oxygens (including phenoxy) is 1. The molecule has 0 heterocycles. The number of hydrogen-bond donors (Lipinski definition) is 0. The van der Waals surface area contributed by atoms with E-state index in [2.05, 4.69) is 17.9 Å². The van der Waals surface area contributed by atoms with Gasteiger partial charge in [0.2, 0.25) is 0 Å². The minimum atomic E-state index is 0. The van der Waals surface area contributed by atoms with Gasteiger partial charge in [0.25, 0.3) is 0 Å². The van der Waals surface area contributed by atoms with Crippen molar-refractivity contribution >= 4 is 9.90 Å². The first kappa shape index (κ1) is 15.9. The lowest BCUT2D eigenvalue weighted by Gasteiger charge is -1.76. The summed E-state index contributed by atoms with van der Waals surface area (Å²) in [6.07, 6.45) is 2.62. The van der Waals surface area contributed by atoms with Crippen LogP contribution in [0.25, 0.3) is 0 Å². The molecule has 0 aromatic carbocycles. The van der Waals surface area contributed by atoms with E-state index in [-0.39, 0.29) is 15.4 Å². The zero-order valence-electron chi connectivity index (χ0n) is 4.18. The second-order valence-corrected chi connectivity index (χ2v) is 0.469. The first-order chi connectivity index (χ1) is 2.41. The van der Waals surface area contributed by atoms with Crippen LogP contribution in [0.2, 0.25) is 0 Å². The Kier molecular flexibility index (Phi) is 39.5. The van der Waals surface area contributed by atoms with Crippen molar-refractivity contribution in [3.05, 3.63) is 25.7 Å².